The summed E-state index contributed by atoms with van der Waals surface area (Å²) < 4.78 is 10.7. The van der Waals surface area contributed by atoms with Gasteiger partial charge in [0, 0.05) is 5.92 Å². The lowest BCUT2D eigenvalue weighted by atomic mass is 10.1. The molecule has 1 aromatic heterocycles. The number of aromatic nitrogens is 2. The predicted octanol–water partition coefficient (Wildman–Crippen LogP) is 3.22. The summed E-state index contributed by atoms with van der Waals surface area (Å²) in [5, 5.41) is 13.6. The van der Waals surface area contributed by atoms with Crippen molar-refractivity contribution in [2.45, 2.75) is 45.8 Å². The van der Waals surface area contributed by atoms with E-state index in [0.717, 1.165) is 5.56 Å². The van der Waals surface area contributed by atoms with Gasteiger partial charge in [0.1, 0.15) is 5.75 Å². The Balaban J connectivity index is 1.93. The molecule has 108 valence electrons. The highest BCUT2D eigenvalue weighted by Crippen LogP contribution is 2.20. The first-order chi connectivity index (χ1) is 9.60. The Labute approximate surface area is 118 Å². The molecule has 1 atom stereocenters. The highest BCUT2D eigenvalue weighted by atomic mass is 16.5. The fourth-order valence-electron chi connectivity index (χ4n) is 1.73. The lowest BCUT2D eigenvalue weighted by Gasteiger charge is -2.09. The molecule has 5 heteroatoms. The van der Waals surface area contributed by atoms with Crippen molar-refractivity contribution in [3.05, 3.63) is 41.5 Å². The van der Waals surface area contributed by atoms with Gasteiger partial charge in [-0.25, -0.2) is 0 Å². The summed E-state index contributed by atoms with van der Waals surface area (Å²) in [6.07, 6.45) is 0.272. The van der Waals surface area contributed by atoms with Crippen molar-refractivity contribution in [2.24, 2.45) is 0 Å². The van der Waals surface area contributed by atoms with Gasteiger partial charge in [-0.05, 0) is 24.1 Å². The third-order valence-corrected chi connectivity index (χ3v) is 3.01. The summed E-state index contributed by atoms with van der Waals surface area (Å²) in [6, 6.07) is 7.37. The van der Waals surface area contributed by atoms with Gasteiger partial charge in [-0.2, -0.15) is 4.98 Å². The second-order valence-corrected chi connectivity index (χ2v) is 4.98. The van der Waals surface area contributed by atoms with E-state index in [-0.39, 0.29) is 12.5 Å². The van der Waals surface area contributed by atoms with Gasteiger partial charge in [-0.3, -0.25) is 0 Å². The number of rotatable bonds is 6. The third-order valence-electron chi connectivity index (χ3n) is 3.01. The van der Waals surface area contributed by atoms with Crippen molar-refractivity contribution < 1.29 is 14.4 Å². The van der Waals surface area contributed by atoms with Crippen molar-refractivity contribution in [1.29, 1.82) is 0 Å². The molecule has 0 aliphatic carbocycles. The van der Waals surface area contributed by atoms with E-state index in [1.807, 2.05) is 45.0 Å². The topological polar surface area (TPSA) is 68.4 Å². The van der Waals surface area contributed by atoms with E-state index in [1.54, 1.807) is 0 Å². The van der Waals surface area contributed by atoms with Crippen LogP contribution in [0.2, 0.25) is 0 Å². The number of aliphatic hydroxyl groups is 1. The van der Waals surface area contributed by atoms with Crippen LogP contribution in [-0.2, 0) is 6.61 Å². The van der Waals surface area contributed by atoms with Crippen LogP contribution in [-0.4, -0.2) is 15.2 Å². The van der Waals surface area contributed by atoms with Gasteiger partial charge >= 0.3 is 0 Å². The molecule has 0 bridgehead atoms. The van der Waals surface area contributed by atoms with Gasteiger partial charge < -0.3 is 14.4 Å². The molecule has 0 saturated carbocycles. The number of hydrogen-bond donors (Lipinski definition) is 1. The Morgan fingerprint density at radius 1 is 1.25 bits per heavy atom. The maximum absolute atomic E-state index is 9.71. The lowest BCUT2D eigenvalue weighted by molar-refractivity contribution is 0.173. The molecule has 5 nitrogen and oxygen atoms in total. The van der Waals surface area contributed by atoms with Crippen LogP contribution in [0.15, 0.2) is 28.8 Å². The first-order valence-electron chi connectivity index (χ1n) is 6.83. The third kappa shape index (κ3) is 3.57. The summed E-state index contributed by atoms with van der Waals surface area (Å²) in [6.45, 7) is 6.20. The average molecular weight is 276 g/mol. The molecule has 1 aromatic carbocycles. The SMILES string of the molecule is CCC(O)c1ccc(OCc2nc(C(C)C)no2)cc1. The monoisotopic (exact) mass is 276 g/mol. The molecule has 0 spiro atoms. The molecule has 2 aromatic rings. The summed E-state index contributed by atoms with van der Waals surface area (Å²) in [4.78, 5) is 4.24. The molecule has 1 heterocycles. The van der Waals surface area contributed by atoms with Crippen LogP contribution in [0.3, 0.4) is 0 Å². The standard InChI is InChI=1S/C15H20N2O3/c1-4-13(18)11-5-7-12(8-6-11)19-9-14-16-15(10(2)3)17-20-14/h5-8,10,13,18H,4,9H2,1-3H3. The van der Waals surface area contributed by atoms with Crippen LogP contribution < -0.4 is 4.74 Å². The molecule has 0 saturated heterocycles. The Hall–Kier alpha value is -1.88. The van der Waals surface area contributed by atoms with Crippen LogP contribution in [0.4, 0.5) is 0 Å². The van der Waals surface area contributed by atoms with Crippen molar-refractivity contribution in [3.8, 4) is 5.75 Å². The van der Waals surface area contributed by atoms with Gasteiger partial charge in [-0.15, -0.1) is 0 Å². The normalized spacial score (nSPS) is 12.7. The minimum atomic E-state index is -0.423. The molecular weight excluding hydrogens is 256 g/mol. The number of ether oxygens (including phenoxy) is 1. The second-order valence-electron chi connectivity index (χ2n) is 4.98. The van der Waals surface area contributed by atoms with Crippen molar-refractivity contribution in [2.75, 3.05) is 0 Å². The molecule has 1 unspecified atom stereocenters. The summed E-state index contributed by atoms with van der Waals surface area (Å²) in [7, 11) is 0. The average Bonchev–Trinajstić information content (AvgIpc) is 2.94. The Bertz CT molecular complexity index is 534. The number of benzene rings is 1. The van der Waals surface area contributed by atoms with Gasteiger partial charge in [-0.1, -0.05) is 38.1 Å². The van der Waals surface area contributed by atoms with Crippen molar-refractivity contribution in [3.63, 3.8) is 0 Å². The zero-order chi connectivity index (χ0) is 14.5. The number of nitrogens with zero attached hydrogens (tertiary/aromatic N) is 2. The highest BCUT2D eigenvalue weighted by Gasteiger charge is 2.10. The van der Waals surface area contributed by atoms with Gasteiger partial charge in [0.2, 0.25) is 0 Å². The fourth-order valence-corrected chi connectivity index (χ4v) is 1.73. The lowest BCUT2D eigenvalue weighted by Crippen LogP contribution is -1.98. The minimum Gasteiger partial charge on any atom is -0.484 e. The van der Waals surface area contributed by atoms with E-state index < -0.39 is 6.10 Å². The maximum atomic E-state index is 9.71. The molecule has 1 N–H and O–H groups in total. The molecule has 0 radical (unpaired) electrons. The van der Waals surface area contributed by atoms with Crippen LogP contribution in [0.1, 0.15) is 56.5 Å². The van der Waals surface area contributed by atoms with Crippen LogP contribution in [0.5, 0.6) is 5.75 Å². The van der Waals surface area contributed by atoms with E-state index in [2.05, 4.69) is 10.1 Å². The van der Waals surface area contributed by atoms with Gasteiger partial charge in [0.15, 0.2) is 12.4 Å². The summed E-state index contributed by atoms with van der Waals surface area (Å²) >= 11 is 0. The molecule has 0 fully saturated rings. The van der Waals surface area contributed by atoms with E-state index in [0.29, 0.717) is 23.9 Å². The zero-order valence-electron chi connectivity index (χ0n) is 12.0. The molecule has 0 aliphatic rings. The number of aliphatic hydroxyl groups excluding tert-OH is 1. The highest BCUT2D eigenvalue weighted by molar-refractivity contribution is 5.28. The molecule has 2 rings (SSSR count). The van der Waals surface area contributed by atoms with Crippen molar-refractivity contribution >= 4 is 0 Å². The van der Waals surface area contributed by atoms with Gasteiger partial charge in [0.25, 0.3) is 5.89 Å². The number of hydrogen-bond acceptors (Lipinski definition) is 5. The summed E-state index contributed by atoms with van der Waals surface area (Å²) in [5.41, 5.74) is 0.889. The maximum Gasteiger partial charge on any atom is 0.264 e. The van der Waals surface area contributed by atoms with Gasteiger partial charge in [0.05, 0.1) is 6.10 Å². The minimum absolute atomic E-state index is 0.238. The van der Waals surface area contributed by atoms with Crippen LogP contribution in [0, 0.1) is 0 Å². The van der Waals surface area contributed by atoms with Crippen LogP contribution in [0.25, 0.3) is 0 Å². The molecule has 0 aliphatic heterocycles. The quantitative estimate of drug-likeness (QED) is 0.877. The summed E-state index contributed by atoms with van der Waals surface area (Å²) in [5.74, 6) is 2.10. The zero-order valence-corrected chi connectivity index (χ0v) is 12.0. The second kappa shape index (κ2) is 6.52. The molecular formula is C15H20N2O3. The Kier molecular flexibility index (Phi) is 4.74. The Morgan fingerprint density at radius 3 is 2.50 bits per heavy atom. The first-order valence-corrected chi connectivity index (χ1v) is 6.83. The predicted molar refractivity (Wildman–Crippen MR) is 74.4 cm³/mol. The van der Waals surface area contributed by atoms with Crippen LogP contribution >= 0.6 is 0 Å². The van der Waals surface area contributed by atoms with E-state index in [1.165, 1.54) is 0 Å². The fraction of sp³-hybridized carbons (Fsp3) is 0.467. The molecule has 0 amide bonds. The smallest absolute Gasteiger partial charge is 0.264 e. The van der Waals surface area contributed by atoms with E-state index in [4.69, 9.17) is 9.26 Å². The Morgan fingerprint density at radius 2 is 1.95 bits per heavy atom. The largest absolute Gasteiger partial charge is 0.484 e. The van der Waals surface area contributed by atoms with Crippen molar-refractivity contribution in [1.82, 2.24) is 10.1 Å². The van der Waals surface area contributed by atoms with E-state index in [9.17, 15) is 5.11 Å². The first kappa shape index (κ1) is 14.5. The molecule has 20 heavy (non-hydrogen) atoms. The van der Waals surface area contributed by atoms with E-state index >= 15 is 0 Å².